The Morgan fingerprint density at radius 1 is 1.03 bits per heavy atom. The van der Waals surface area contributed by atoms with Crippen LogP contribution in [-0.4, -0.2) is 25.1 Å². The molecule has 0 spiro atoms. The van der Waals surface area contributed by atoms with E-state index in [9.17, 15) is 9.59 Å². The molecule has 0 aliphatic carbocycles. The van der Waals surface area contributed by atoms with E-state index in [0.717, 1.165) is 16.7 Å². The molecule has 3 aromatic carbocycles. The van der Waals surface area contributed by atoms with E-state index in [4.69, 9.17) is 9.47 Å². The Balaban J connectivity index is 1.62. The van der Waals surface area contributed by atoms with Gasteiger partial charge in [0.05, 0.1) is 17.8 Å². The van der Waals surface area contributed by atoms with E-state index in [1.807, 2.05) is 56.3 Å². The van der Waals surface area contributed by atoms with Gasteiger partial charge in [0.25, 0.3) is 0 Å². The molecule has 8 heteroatoms. The highest BCUT2D eigenvalue weighted by molar-refractivity contribution is 9.10. The van der Waals surface area contributed by atoms with Gasteiger partial charge in [-0.05, 0) is 64.7 Å². The number of aryl methyl sites for hydroxylation is 2. The summed E-state index contributed by atoms with van der Waals surface area (Å²) >= 11 is 3.49. The van der Waals surface area contributed by atoms with Gasteiger partial charge in [0.15, 0.2) is 11.5 Å². The van der Waals surface area contributed by atoms with Crippen molar-refractivity contribution in [2.45, 2.75) is 20.5 Å². The van der Waals surface area contributed by atoms with E-state index in [-0.39, 0.29) is 0 Å². The zero-order valence-electron chi connectivity index (χ0n) is 18.5. The van der Waals surface area contributed by atoms with Crippen molar-refractivity contribution in [3.05, 3.63) is 87.4 Å². The quantitative estimate of drug-likeness (QED) is 0.273. The number of anilines is 1. The van der Waals surface area contributed by atoms with Gasteiger partial charge in [-0.1, -0.05) is 48.0 Å². The molecule has 0 unspecified atom stereocenters. The van der Waals surface area contributed by atoms with Crippen molar-refractivity contribution in [2.75, 3.05) is 12.4 Å². The molecule has 0 bridgehead atoms. The minimum Gasteiger partial charge on any atom is -0.493 e. The Hall–Kier alpha value is -3.65. The molecule has 3 aromatic rings. The third kappa shape index (κ3) is 6.66. The summed E-state index contributed by atoms with van der Waals surface area (Å²) in [7, 11) is 1.54. The molecule has 0 aliphatic rings. The number of benzene rings is 3. The molecule has 0 saturated heterocycles. The fraction of sp³-hybridized carbons (Fsp3) is 0.160. The van der Waals surface area contributed by atoms with Crippen LogP contribution in [0.5, 0.6) is 11.5 Å². The van der Waals surface area contributed by atoms with E-state index in [1.165, 1.54) is 13.3 Å². The van der Waals surface area contributed by atoms with Gasteiger partial charge in [-0.25, -0.2) is 5.43 Å². The van der Waals surface area contributed by atoms with E-state index in [0.29, 0.717) is 33.8 Å². The third-order valence-electron chi connectivity index (χ3n) is 4.69. The minimum atomic E-state index is -0.875. The topological polar surface area (TPSA) is 89.0 Å². The predicted molar refractivity (Wildman–Crippen MR) is 132 cm³/mol. The monoisotopic (exact) mass is 509 g/mol. The molecule has 0 heterocycles. The zero-order valence-corrected chi connectivity index (χ0v) is 20.1. The summed E-state index contributed by atoms with van der Waals surface area (Å²) in [5, 5.41) is 6.46. The molecule has 7 nitrogen and oxygen atoms in total. The molecule has 0 atom stereocenters. The lowest BCUT2D eigenvalue weighted by Gasteiger charge is -2.13. The molecular weight excluding hydrogens is 486 g/mol. The second kappa shape index (κ2) is 11.3. The van der Waals surface area contributed by atoms with Crippen molar-refractivity contribution in [1.29, 1.82) is 0 Å². The largest absolute Gasteiger partial charge is 0.493 e. The third-order valence-corrected chi connectivity index (χ3v) is 5.28. The number of hydrogen-bond acceptors (Lipinski definition) is 5. The average molecular weight is 510 g/mol. The molecule has 2 amide bonds. The molecule has 3 rings (SSSR count). The normalized spacial score (nSPS) is 10.7. The lowest BCUT2D eigenvalue weighted by atomic mass is 10.1. The number of nitrogens with zero attached hydrogens (tertiary/aromatic N) is 1. The van der Waals surface area contributed by atoms with Gasteiger partial charge in [0, 0.05) is 5.69 Å². The fourth-order valence-electron chi connectivity index (χ4n) is 3.03. The molecule has 0 aliphatic heterocycles. The average Bonchev–Trinajstić information content (AvgIpc) is 2.80. The molecule has 170 valence electrons. The maximum Gasteiger partial charge on any atom is 0.329 e. The van der Waals surface area contributed by atoms with Gasteiger partial charge in [-0.2, -0.15) is 5.10 Å². The van der Waals surface area contributed by atoms with Crippen molar-refractivity contribution >= 4 is 39.6 Å². The van der Waals surface area contributed by atoms with E-state index >= 15 is 0 Å². The number of rotatable bonds is 7. The number of amides is 2. The predicted octanol–water partition coefficient (Wildman–Crippen LogP) is 4.74. The van der Waals surface area contributed by atoms with Gasteiger partial charge in [-0.15, -0.1) is 0 Å². The van der Waals surface area contributed by atoms with E-state index < -0.39 is 11.8 Å². The number of hydrogen-bond donors (Lipinski definition) is 2. The van der Waals surface area contributed by atoms with Gasteiger partial charge in [0.2, 0.25) is 0 Å². The minimum absolute atomic E-state index is 0.384. The fourth-order valence-corrected chi connectivity index (χ4v) is 3.61. The number of carbonyl (C=O) groups is 2. The van der Waals surface area contributed by atoms with Gasteiger partial charge in [0.1, 0.15) is 6.61 Å². The van der Waals surface area contributed by atoms with Crippen molar-refractivity contribution in [2.24, 2.45) is 5.10 Å². The molecule has 33 heavy (non-hydrogen) atoms. The first-order valence-electron chi connectivity index (χ1n) is 10.1. The summed E-state index contributed by atoms with van der Waals surface area (Å²) in [5.41, 5.74) is 6.41. The van der Waals surface area contributed by atoms with Crippen LogP contribution in [0.1, 0.15) is 22.3 Å². The molecule has 0 fully saturated rings. The molecule has 0 aromatic heterocycles. The van der Waals surface area contributed by atoms with Gasteiger partial charge < -0.3 is 14.8 Å². The first-order chi connectivity index (χ1) is 15.9. The Kier molecular flexibility index (Phi) is 8.21. The maximum absolute atomic E-state index is 12.1. The maximum atomic E-state index is 12.1. The van der Waals surface area contributed by atoms with Crippen LogP contribution in [0.3, 0.4) is 0 Å². The number of nitrogens with one attached hydrogen (secondary N) is 2. The first-order valence-corrected chi connectivity index (χ1v) is 10.9. The van der Waals surface area contributed by atoms with Crippen LogP contribution in [0, 0.1) is 13.8 Å². The summed E-state index contributed by atoms with van der Waals surface area (Å²) in [5.74, 6) is -0.626. The highest BCUT2D eigenvalue weighted by Crippen LogP contribution is 2.36. The second-order valence-corrected chi connectivity index (χ2v) is 8.13. The lowest BCUT2D eigenvalue weighted by Crippen LogP contribution is -2.32. The summed E-state index contributed by atoms with van der Waals surface area (Å²) in [6.45, 7) is 4.20. The SMILES string of the molecule is COc1cc(C=NNC(=O)C(=O)Nc2ccc(C)cc2C)cc(Br)c1OCc1ccccc1. The van der Waals surface area contributed by atoms with E-state index in [1.54, 1.807) is 18.2 Å². The van der Waals surface area contributed by atoms with Crippen LogP contribution in [0.4, 0.5) is 5.69 Å². The van der Waals surface area contributed by atoms with Crippen molar-refractivity contribution in [3.63, 3.8) is 0 Å². The number of methoxy groups -OCH3 is 1. The van der Waals surface area contributed by atoms with Crippen LogP contribution < -0.4 is 20.2 Å². The van der Waals surface area contributed by atoms with E-state index in [2.05, 4.69) is 31.8 Å². The first kappa shape index (κ1) is 24.0. The number of ether oxygens (including phenoxy) is 2. The summed E-state index contributed by atoms with van der Waals surface area (Å²) in [6.07, 6.45) is 1.41. The van der Waals surface area contributed by atoms with Crippen LogP contribution in [0.15, 0.2) is 70.2 Å². The molecule has 2 N–H and O–H groups in total. The van der Waals surface area contributed by atoms with Crippen LogP contribution in [-0.2, 0) is 16.2 Å². The Morgan fingerprint density at radius 2 is 1.79 bits per heavy atom. The highest BCUT2D eigenvalue weighted by Gasteiger charge is 2.15. The number of hydrazone groups is 1. The summed E-state index contributed by atoms with van der Waals surface area (Å²) < 4.78 is 12.0. The van der Waals surface area contributed by atoms with Crippen molar-refractivity contribution in [1.82, 2.24) is 5.43 Å². The van der Waals surface area contributed by atoms with Crippen LogP contribution in [0.25, 0.3) is 0 Å². The number of halogens is 1. The molecule has 0 radical (unpaired) electrons. The summed E-state index contributed by atoms with van der Waals surface area (Å²) in [4.78, 5) is 24.2. The molecular formula is C25H24BrN3O4. The smallest absolute Gasteiger partial charge is 0.329 e. The van der Waals surface area contributed by atoms with Crippen LogP contribution >= 0.6 is 15.9 Å². The Bertz CT molecular complexity index is 1180. The van der Waals surface area contributed by atoms with Crippen LogP contribution in [0.2, 0.25) is 0 Å². The highest BCUT2D eigenvalue weighted by atomic mass is 79.9. The Labute approximate surface area is 200 Å². The summed E-state index contributed by atoms with van der Waals surface area (Å²) in [6, 6.07) is 18.8. The standard InChI is InChI=1S/C25H24BrN3O4/c1-16-9-10-21(17(2)11-16)28-24(30)25(31)29-27-14-19-12-20(26)23(22(13-19)32-3)33-15-18-7-5-4-6-8-18/h4-14H,15H2,1-3H3,(H,28,30)(H,29,31). The van der Waals surface area contributed by atoms with Gasteiger partial charge >= 0.3 is 11.8 Å². The zero-order chi connectivity index (χ0) is 23.8. The van der Waals surface area contributed by atoms with Crippen molar-refractivity contribution < 1.29 is 19.1 Å². The lowest BCUT2D eigenvalue weighted by molar-refractivity contribution is -0.136. The van der Waals surface area contributed by atoms with Crippen molar-refractivity contribution in [3.8, 4) is 11.5 Å². The second-order valence-electron chi connectivity index (χ2n) is 7.28. The van der Waals surface area contributed by atoms with Gasteiger partial charge in [-0.3, -0.25) is 9.59 Å². The number of carbonyl (C=O) groups excluding carboxylic acids is 2. The molecule has 0 saturated carbocycles. The Morgan fingerprint density at radius 3 is 2.48 bits per heavy atom.